The molecule has 0 amide bonds. The van der Waals surface area contributed by atoms with Gasteiger partial charge in [0.25, 0.3) is 0 Å². The van der Waals surface area contributed by atoms with Crippen molar-refractivity contribution in [2.75, 3.05) is 0 Å². The van der Waals surface area contributed by atoms with Crippen molar-refractivity contribution in [1.82, 2.24) is 0 Å². The molecular weight excluding hydrogens is 360 g/mol. The van der Waals surface area contributed by atoms with Crippen LogP contribution in [-0.4, -0.2) is 19.3 Å². The fourth-order valence-corrected chi connectivity index (χ4v) is 4.63. The minimum atomic E-state index is -3.75. The minimum absolute atomic E-state index is 0.0541. The summed E-state index contributed by atoms with van der Waals surface area (Å²) in [6, 6.07) is 21.2. The number of hydrogen-bond donors (Lipinski definition) is 1. The molecule has 0 aromatic heterocycles. The van der Waals surface area contributed by atoms with Crippen molar-refractivity contribution in [2.45, 2.75) is 23.5 Å². The molecule has 138 valence electrons. The second-order valence-electron chi connectivity index (χ2n) is 6.43. The molecule has 0 aliphatic heterocycles. The van der Waals surface area contributed by atoms with Crippen molar-refractivity contribution >= 4 is 15.6 Å². The highest BCUT2D eigenvalue weighted by molar-refractivity contribution is 7.91. The number of carbonyl (C=O) groups excluding carboxylic acids is 1. The molecule has 4 nitrogen and oxygen atoms in total. The van der Waals surface area contributed by atoms with Gasteiger partial charge in [-0.2, -0.15) is 0 Å². The van der Waals surface area contributed by atoms with Crippen LogP contribution in [0.3, 0.4) is 0 Å². The van der Waals surface area contributed by atoms with Crippen LogP contribution in [0.1, 0.15) is 33.2 Å². The Kier molecular flexibility index (Phi) is 5.42. The lowest BCUT2D eigenvalue weighted by atomic mass is 10.0. The van der Waals surface area contributed by atoms with Crippen molar-refractivity contribution in [1.29, 1.82) is 0 Å². The Hall–Kier alpha value is -2.92. The molecule has 0 spiro atoms. The zero-order valence-corrected chi connectivity index (χ0v) is 15.7. The van der Waals surface area contributed by atoms with E-state index in [2.05, 4.69) is 0 Å². The number of carbonyl (C=O) groups is 1. The maximum absolute atomic E-state index is 13.3. The summed E-state index contributed by atoms with van der Waals surface area (Å²) in [5.41, 5.74) is 1.91. The third-order valence-corrected chi connectivity index (χ3v) is 6.57. The summed E-state index contributed by atoms with van der Waals surface area (Å²) < 4.78 is 26.5. The van der Waals surface area contributed by atoms with Crippen molar-refractivity contribution in [3.8, 4) is 5.75 Å². The van der Waals surface area contributed by atoms with Gasteiger partial charge in [0.2, 0.25) is 0 Å². The van der Waals surface area contributed by atoms with Gasteiger partial charge in [-0.3, -0.25) is 4.79 Å². The van der Waals surface area contributed by atoms with Crippen LogP contribution in [0.5, 0.6) is 5.75 Å². The van der Waals surface area contributed by atoms with Gasteiger partial charge in [0, 0.05) is 12.0 Å². The Morgan fingerprint density at radius 2 is 1.48 bits per heavy atom. The van der Waals surface area contributed by atoms with Crippen LogP contribution >= 0.6 is 0 Å². The second-order valence-corrected chi connectivity index (χ2v) is 8.56. The summed E-state index contributed by atoms with van der Waals surface area (Å²) in [5, 5.41) is 8.41. The lowest BCUT2D eigenvalue weighted by Gasteiger charge is -2.18. The van der Waals surface area contributed by atoms with Gasteiger partial charge in [0.1, 0.15) is 5.75 Å². The van der Waals surface area contributed by atoms with Gasteiger partial charge in [-0.15, -0.1) is 0 Å². The molecule has 3 aromatic rings. The maximum Gasteiger partial charge on any atom is 0.185 e. The van der Waals surface area contributed by atoms with Crippen LogP contribution in [0.2, 0.25) is 0 Å². The monoisotopic (exact) mass is 380 g/mol. The molecule has 5 heteroatoms. The van der Waals surface area contributed by atoms with E-state index in [4.69, 9.17) is 0 Å². The van der Waals surface area contributed by atoms with Crippen LogP contribution in [0.4, 0.5) is 0 Å². The number of Topliss-reactive ketones (excluding diaryl/α,β-unsaturated/α-hetero) is 1. The zero-order chi connectivity index (χ0) is 19.4. The average Bonchev–Trinajstić information content (AvgIpc) is 2.67. The number of phenolic OH excluding ortho intramolecular Hbond substituents is 1. The molecule has 0 saturated heterocycles. The molecule has 0 heterocycles. The Labute approximate surface area is 159 Å². The highest BCUT2D eigenvalue weighted by atomic mass is 32.2. The molecular formula is C22H20O4S. The van der Waals surface area contributed by atoms with E-state index in [0.717, 1.165) is 5.56 Å². The predicted octanol–water partition coefficient (Wildman–Crippen LogP) is 4.49. The van der Waals surface area contributed by atoms with Crippen LogP contribution in [-0.2, 0) is 9.84 Å². The summed E-state index contributed by atoms with van der Waals surface area (Å²) in [4.78, 5) is 12.9. The average molecular weight is 380 g/mol. The van der Waals surface area contributed by atoms with Gasteiger partial charge in [-0.25, -0.2) is 8.42 Å². The molecule has 1 atom stereocenters. The first-order chi connectivity index (χ1) is 12.9. The summed E-state index contributed by atoms with van der Waals surface area (Å²) in [5.74, 6) is -0.238. The molecule has 0 saturated carbocycles. The number of aryl methyl sites for hydroxylation is 1. The summed E-state index contributed by atoms with van der Waals surface area (Å²) in [6.45, 7) is 1.89. The van der Waals surface area contributed by atoms with Crippen molar-refractivity contribution in [2.24, 2.45) is 0 Å². The van der Waals surface area contributed by atoms with E-state index in [0.29, 0.717) is 11.1 Å². The maximum atomic E-state index is 13.3. The lowest BCUT2D eigenvalue weighted by molar-refractivity contribution is 0.0980. The molecule has 27 heavy (non-hydrogen) atoms. The summed E-state index contributed by atoms with van der Waals surface area (Å²) in [7, 11) is -3.75. The largest absolute Gasteiger partial charge is 0.508 e. The van der Waals surface area contributed by atoms with Crippen LogP contribution in [0.15, 0.2) is 83.8 Å². The van der Waals surface area contributed by atoms with E-state index in [9.17, 15) is 18.3 Å². The number of phenols is 1. The number of ketones is 1. The van der Waals surface area contributed by atoms with Gasteiger partial charge >= 0.3 is 0 Å². The van der Waals surface area contributed by atoms with E-state index < -0.39 is 15.1 Å². The highest BCUT2D eigenvalue weighted by Gasteiger charge is 2.31. The van der Waals surface area contributed by atoms with Gasteiger partial charge in [0.15, 0.2) is 15.6 Å². The molecule has 0 bridgehead atoms. The number of benzene rings is 3. The van der Waals surface area contributed by atoms with Crippen LogP contribution < -0.4 is 0 Å². The first-order valence-corrected chi connectivity index (χ1v) is 10.1. The molecule has 0 fully saturated rings. The Morgan fingerprint density at radius 3 is 2.07 bits per heavy atom. The van der Waals surface area contributed by atoms with E-state index in [1.54, 1.807) is 54.6 Å². The fourth-order valence-electron chi connectivity index (χ4n) is 2.90. The third-order valence-electron chi connectivity index (χ3n) is 4.46. The second kappa shape index (κ2) is 7.76. The summed E-state index contributed by atoms with van der Waals surface area (Å²) in [6.07, 6.45) is -0.176. The normalized spacial score (nSPS) is 12.5. The van der Waals surface area contributed by atoms with E-state index in [-0.39, 0.29) is 22.8 Å². The molecule has 0 aliphatic rings. The molecule has 1 N–H and O–H groups in total. The molecule has 0 unspecified atom stereocenters. The van der Waals surface area contributed by atoms with E-state index in [1.807, 2.05) is 6.92 Å². The molecule has 0 radical (unpaired) electrons. The Bertz CT molecular complexity index is 1020. The summed E-state index contributed by atoms with van der Waals surface area (Å²) >= 11 is 0. The van der Waals surface area contributed by atoms with Gasteiger partial charge in [-0.05, 0) is 48.9 Å². The SMILES string of the molecule is Cc1ccc(S(=O)(=O)[C@@H](CC(=O)c2ccc(O)cc2)c2ccccc2)cc1. The molecule has 3 aromatic carbocycles. The smallest absolute Gasteiger partial charge is 0.185 e. The zero-order valence-electron chi connectivity index (χ0n) is 14.9. The van der Waals surface area contributed by atoms with Crippen LogP contribution in [0.25, 0.3) is 0 Å². The lowest BCUT2D eigenvalue weighted by Crippen LogP contribution is -2.18. The fraction of sp³-hybridized carbons (Fsp3) is 0.136. The number of sulfone groups is 1. The standard InChI is InChI=1S/C22H20O4S/c1-16-7-13-20(14-8-16)27(25,26)22(18-5-3-2-4-6-18)15-21(24)17-9-11-19(23)12-10-17/h2-14,22-23H,15H2,1H3/t22-/m0/s1. The Morgan fingerprint density at radius 1 is 0.889 bits per heavy atom. The third kappa shape index (κ3) is 4.26. The Balaban J connectivity index is 2.00. The number of rotatable bonds is 6. The first-order valence-electron chi connectivity index (χ1n) is 8.55. The minimum Gasteiger partial charge on any atom is -0.508 e. The van der Waals surface area contributed by atoms with Crippen molar-refractivity contribution in [3.05, 3.63) is 95.6 Å². The topological polar surface area (TPSA) is 71.4 Å². The van der Waals surface area contributed by atoms with Crippen molar-refractivity contribution in [3.63, 3.8) is 0 Å². The van der Waals surface area contributed by atoms with Gasteiger partial charge in [0.05, 0.1) is 10.1 Å². The predicted molar refractivity (Wildman–Crippen MR) is 105 cm³/mol. The highest BCUT2D eigenvalue weighted by Crippen LogP contribution is 2.33. The number of hydrogen-bond acceptors (Lipinski definition) is 4. The van der Waals surface area contributed by atoms with E-state index >= 15 is 0 Å². The molecule has 0 aliphatic carbocycles. The van der Waals surface area contributed by atoms with Crippen molar-refractivity contribution < 1.29 is 18.3 Å². The quantitative estimate of drug-likeness (QED) is 0.640. The van der Waals surface area contributed by atoms with Gasteiger partial charge in [-0.1, -0.05) is 48.0 Å². The molecule has 3 rings (SSSR count). The van der Waals surface area contributed by atoms with Gasteiger partial charge < -0.3 is 5.11 Å². The number of aromatic hydroxyl groups is 1. The van der Waals surface area contributed by atoms with Crippen LogP contribution in [0, 0.1) is 6.92 Å². The van der Waals surface area contributed by atoms with E-state index in [1.165, 1.54) is 24.3 Å². The first kappa shape index (κ1) is 18.9.